The molecule has 0 aliphatic carbocycles. The number of hydrogen-bond acceptors (Lipinski definition) is 8. The average molecular weight is 798 g/mol. The number of hydrogen-bond donors (Lipinski definition) is 1. The van der Waals surface area contributed by atoms with Crippen LogP contribution in [-0.2, 0) is 26.5 Å². The highest BCUT2D eigenvalue weighted by molar-refractivity contribution is 7.89. The lowest BCUT2D eigenvalue weighted by Crippen LogP contribution is -2.50. The first-order valence-corrected chi connectivity index (χ1v) is 27.1. The number of ether oxygens (including phenoxy) is 2. The van der Waals surface area contributed by atoms with E-state index < -0.39 is 44.9 Å². The second-order valence-corrected chi connectivity index (χ2v) is 29.7. The largest absolute Gasteiger partial charge is 0.401 e. The second-order valence-electron chi connectivity index (χ2n) is 16.6. The van der Waals surface area contributed by atoms with Crippen LogP contribution in [0.4, 0.5) is 24.7 Å². The van der Waals surface area contributed by atoms with Gasteiger partial charge in [-0.1, -0.05) is 57.5 Å². The van der Waals surface area contributed by atoms with E-state index in [0.29, 0.717) is 48.6 Å². The zero-order valence-electron chi connectivity index (χ0n) is 32.8. The van der Waals surface area contributed by atoms with E-state index in [0.717, 1.165) is 23.2 Å². The Morgan fingerprint density at radius 3 is 2.00 bits per heavy atom. The first-order valence-electron chi connectivity index (χ1n) is 18.3. The van der Waals surface area contributed by atoms with Crippen molar-refractivity contribution in [3.63, 3.8) is 0 Å². The zero-order valence-corrected chi connectivity index (χ0v) is 35.6. The Morgan fingerprint density at radius 1 is 0.887 bits per heavy atom. The van der Waals surface area contributed by atoms with Crippen molar-refractivity contribution in [2.24, 2.45) is 7.05 Å². The molecule has 10 nitrogen and oxygen atoms in total. The van der Waals surface area contributed by atoms with Gasteiger partial charge in [0, 0.05) is 74.0 Å². The number of nitrogens with zero attached hydrogens (tertiary/aromatic N) is 4. The van der Waals surface area contributed by atoms with Crippen molar-refractivity contribution in [3.05, 3.63) is 63.9 Å². The molecule has 0 radical (unpaired) electrons. The number of nitrogens with one attached hydrogen (secondary N) is 1. The average Bonchev–Trinajstić information content (AvgIpc) is 3.04. The molecule has 0 amide bonds. The van der Waals surface area contributed by atoms with E-state index in [1.54, 1.807) is 35.9 Å². The predicted molar refractivity (Wildman–Crippen MR) is 214 cm³/mol. The summed E-state index contributed by atoms with van der Waals surface area (Å²) < 4.78 is 82.5. The van der Waals surface area contributed by atoms with Gasteiger partial charge in [0.15, 0.2) is 0 Å². The Morgan fingerprint density at radius 2 is 1.45 bits per heavy atom. The molecule has 53 heavy (non-hydrogen) atoms. The van der Waals surface area contributed by atoms with E-state index in [1.165, 1.54) is 9.21 Å². The highest BCUT2D eigenvalue weighted by Crippen LogP contribution is 2.33. The van der Waals surface area contributed by atoms with Crippen molar-refractivity contribution in [3.8, 4) is 0 Å². The lowest BCUT2D eigenvalue weighted by Gasteiger charge is -2.37. The van der Waals surface area contributed by atoms with Crippen molar-refractivity contribution in [2.45, 2.75) is 82.3 Å². The maximum absolute atomic E-state index is 14.3. The van der Waals surface area contributed by atoms with Gasteiger partial charge in [0.25, 0.3) is 5.56 Å². The molecule has 2 heterocycles. The number of aryl methyl sites for hydroxylation is 1. The first kappa shape index (κ1) is 43.0. The number of piperazine rings is 1. The third-order valence-electron chi connectivity index (χ3n) is 9.41. The maximum Gasteiger partial charge on any atom is 0.401 e. The minimum absolute atomic E-state index is 0.0831. The summed E-state index contributed by atoms with van der Waals surface area (Å²) in [6.45, 7) is 18.1. The molecule has 0 saturated carbocycles. The SMILES string of the molecule is Cc1cc([C@@H](C)Nc2ccccc2S(=O)(=O)N(COCC[Si](C)(C)C)COCC[Si](C)(C)C)c2cc(N3CCN(CC(F)(F)F)CC3)n(C)c(=O)c2c1. The first-order chi connectivity index (χ1) is 24.6. The Kier molecular flexibility index (Phi) is 14.1. The van der Waals surface area contributed by atoms with Gasteiger partial charge in [-0.25, -0.2) is 8.42 Å². The van der Waals surface area contributed by atoms with Crippen LogP contribution in [0.3, 0.4) is 0 Å². The Balaban J connectivity index is 1.64. The summed E-state index contributed by atoms with van der Waals surface area (Å²) in [6, 6.07) is 13.8. The van der Waals surface area contributed by atoms with Crippen LogP contribution in [-0.4, -0.2) is 104 Å². The van der Waals surface area contributed by atoms with E-state index in [4.69, 9.17) is 9.47 Å². The molecule has 1 aromatic heterocycles. The highest BCUT2D eigenvalue weighted by atomic mass is 32.2. The van der Waals surface area contributed by atoms with Crippen LogP contribution in [0.1, 0.15) is 24.1 Å². The van der Waals surface area contributed by atoms with Gasteiger partial charge in [-0.3, -0.25) is 14.3 Å². The summed E-state index contributed by atoms with van der Waals surface area (Å²) in [5.74, 6) is 0.619. The van der Waals surface area contributed by atoms with Crippen molar-refractivity contribution in [1.29, 1.82) is 0 Å². The monoisotopic (exact) mass is 797 g/mol. The Bertz CT molecular complexity index is 1850. The minimum Gasteiger partial charge on any atom is -0.377 e. The molecule has 2 aromatic carbocycles. The summed E-state index contributed by atoms with van der Waals surface area (Å²) in [5, 5.41) is 4.63. The van der Waals surface area contributed by atoms with Crippen LogP contribution in [0.25, 0.3) is 10.8 Å². The molecule has 4 rings (SSSR count). The molecular formula is C37H58F3N5O5SSi2. The van der Waals surface area contributed by atoms with Gasteiger partial charge in [0.1, 0.15) is 24.2 Å². The fourth-order valence-corrected chi connectivity index (χ4v) is 9.12. The Labute approximate surface area is 315 Å². The molecule has 1 aliphatic rings. The number of alkyl halides is 3. The van der Waals surface area contributed by atoms with Crippen molar-refractivity contribution < 1.29 is 31.1 Å². The fraction of sp³-hybridized carbons (Fsp3) is 0.595. The zero-order chi connectivity index (χ0) is 39.4. The molecule has 1 N–H and O–H groups in total. The van der Waals surface area contributed by atoms with Crippen LogP contribution in [0.15, 0.2) is 52.2 Å². The van der Waals surface area contributed by atoms with Gasteiger partial charge in [0.2, 0.25) is 10.0 Å². The third-order valence-corrected chi connectivity index (χ3v) is 14.6. The van der Waals surface area contributed by atoms with Crippen molar-refractivity contribution in [1.82, 2.24) is 13.8 Å². The number of fused-ring (bicyclic) bond motifs is 1. The number of anilines is 2. The smallest absolute Gasteiger partial charge is 0.377 e. The van der Waals surface area contributed by atoms with Crippen molar-refractivity contribution in [2.75, 3.05) is 69.6 Å². The number of aromatic nitrogens is 1. The van der Waals surface area contributed by atoms with Crippen LogP contribution in [0.2, 0.25) is 51.4 Å². The molecule has 1 fully saturated rings. The fourth-order valence-electron chi connectivity index (χ4n) is 6.25. The lowest BCUT2D eigenvalue weighted by atomic mass is 9.97. The molecule has 3 aromatic rings. The summed E-state index contributed by atoms with van der Waals surface area (Å²) in [6.07, 6.45) is -4.27. The van der Waals surface area contributed by atoms with E-state index >= 15 is 0 Å². The topological polar surface area (TPSA) is 96.3 Å². The van der Waals surface area contributed by atoms with E-state index in [1.807, 2.05) is 36.9 Å². The van der Waals surface area contributed by atoms with E-state index in [9.17, 15) is 26.4 Å². The van der Waals surface area contributed by atoms with Gasteiger partial charge < -0.3 is 19.7 Å². The minimum atomic E-state index is -4.27. The predicted octanol–water partition coefficient (Wildman–Crippen LogP) is 7.32. The maximum atomic E-state index is 14.3. The van der Waals surface area contributed by atoms with Crippen LogP contribution < -0.4 is 15.8 Å². The van der Waals surface area contributed by atoms with Crippen molar-refractivity contribution >= 4 is 48.4 Å². The number of sulfonamides is 1. The van der Waals surface area contributed by atoms with Crippen LogP contribution >= 0.6 is 0 Å². The molecule has 296 valence electrons. The summed E-state index contributed by atoms with van der Waals surface area (Å²) in [5.41, 5.74) is 1.84. The molecule has 0 bridgehead atoms. The number of halogens is 3. The number of pyridine rings is 1. The summed E-state index contributed by atoms with van der Waals surface area (Å²) in [7, 11) is -5.20. The van der Waals surface area contributed by atoms with E-state index in [-0.39, 0.29) is 37.0 Å². The highest BCUT2D eigenvalue weighted by Gasteiger charge is 2.33. The molecule has 1 aliphatic heterocycles. The van der Waals surface area contributed by atoms with Gasteiger partial charge in [-0.05, 0) is 66.7 Å². The summed E-state index contributed by atoms with van der Waals surface area (Å²) in [4.78, 5) is 17.2. The van der Waals surface area contributed by atoms with Crippen LogP contribution in [0, 0.1) is 6.92 Å². The molecule has 16 heteroatoms. The van der Waals surface area contributed by atoms with E-state index in [2.05, 4.69) is 44.6 Å². The number of rotatable bonds is 17. The second kappa shape index (κ2) is 17.4. The molecule has 0 unspecified atom stereocenters. The quantitative estimate of drug-likeness (QED) is 0.0864. The Hall–Kier alpha value is -2.74. The number of benzene rings is 2. The standard InChI is InChI=1S/C37H58F3N5O5SSi2/c1-28-22-30(31-24-35(42(3)36(46)32(31)23-28)44-16-14-43(15-17-44)25-37(38,39)40)29(2)41-33-12-10-11-13-34(33)51(47,48)45(26-49-18-20-52(4,5)6)27-50-19-21-53(7,8)9/h10-13,22-24,29,41H,14-21,25-27H2,1-9H3/t29-/m1/s1. The molecular weight excluding hydrogens is 740 g/mol. The van der Waals surface area contributed by atoms with Gasteiger partial charge in [0.05, 0.1) is 12.2 Å². The third kappa shape index (κ3) is 12.1. The number of para-hydroxylation sites is 1. The molecule has 1 saturated heterocycles. The van der Waals surface area contributed by atoms with Gasteiger partial charge >= 0.3 is 6.18 Å². The van der Waals surface area contributed by atoms with Gasteiger partial charge in [-0.2, -0.15) is 13.2 Å². The van der Waals surface area contributed by atoms with Crippen LogP contribution in [0.5, 0.6) is 0 Å². The summed E-state index contributed by atoms with van der Waals surface area (Å²) >= 11 is 0. The molecule has 1 atom stereocenters. The van der Waals surface area contributed by atoms with Gasteiger partial charge in [-0.15, -0.1) is 4.31 Å². The normalized spacial score (nSPS) is 15.8. The molecule has 0 spiro atoms. The lowest BCUT2D eigenvalue weighted by molar-refractivity contribution is -0.146.